The van der Waals surface area contributed by atoms with E-state index in [4.69, 9.17) is 0 Å². The second-order valence-corrected chi connectivity index (χ2v) is 4.77. The fourth-order valence-corrected chi connectivity index (χ4v) is 2.09. The molecule has 1 heterocycles. The number of halogens is 2. The number of nitrogens with one attached hydrogen (secondary N) is 1. The molecule has 0 aliphatic carbocycles. The maximum Gasteiger partial charge on any atom is 0.149 e. The van der Waals surface area contributed by atoms with E-state index in [1.54, 1.807) is 12.1 Å². The molecule has 1 unspecified atom stereocenters. The molecular weight excluding hydrogens is 258 g/mol. The van der Waals surface area contributed by atoms with Gasteiger partial charge >= 0.3 is 0 Å². The topological polar surface area (TPSA) is 24.9 Å². The monoisotopic (exact) mass is 276 g/mol. The van der Waals surface area contributed by atoms with Gasteiger partial charge in [0.1, 0.15) is 11.6 Å². The normalized spacial score (nSPS) is 12.4. The van der Waals surface area contributed by atoms with Crippen LogP contribution in [0.4, 0.5) is 8.78 Å². The van der Waals surface area contributed by atoms with Gasteiger partial charge in [-0.25, -0.2) is 8.78 Å². The molecule has 1 N–H and O–H groups in total. The molecule has 1 atom stereocenters. The van der Waals surface area contributed by atoms with Gasteiger partial charge in [-0.1, -0.05) is 13.0 Å². The number of rotatable bonds is 5. The van der Waals surface area contributed by atoms with E-state index in [9.17, 15) is 8.78 Å². The molecule has 2 aromatic rings. The molecule has 1 aromatic carbocycles. The molecule has 0 amide bonds. The average molecular weight is 276 g/mol. The first-order valence-electron chi connectivity index (χ1n) is 6.76. The Labute approximate surface area is 117 Å². The quantitative estimate of drug-likeness (QED) is 0.889. The van der Waals surface area contributed by atoms with Crippen LogP contribution in [0.25, 0.3) is 11.1 Å². The number of aromatic nitrogens is 1. The molecule has 106 valence electrons. The molecule has 0 saturated carbocycles. The van der Waals surface area contributed by atoms with Crippen molar-refractivity contribution in [2.75, 3.05) is 6.54 Å². The van der Waals surface area contributed by atoms with Gasteiger partial charge in [-0.2, -0.15) is 0 Å². The van der Waals surface area contributed by atoms with E-state index in [1.165, 1.54) is 18.3 Å². The number of pyridine rings is 1. The highest BCUT2D eigenvalue weighted by molar-refractivity contribution is 5.65. The Bertz CT molecular complexity index is 584. The van der Waals surface area contributed by atoms with Crippen LogP contribution < -0.4 is 5.32 Å². The van der Waals surface area contributed by atoms with Gasteiger partial charge in [0, 0.05) is 23.4 Å². The fourth-order valence-electron chi connectivity index (χ4n) is 2.09. The van der Waals surface area contributed by atoms with Crippen LogP contribution in [0, 0.1) is 11.6 Å². The van der Waals surface area contributed by atoms with Crippen LogP contribution >= 0.6 is 0 Å². The molecule has 0 spiro atoms. The van der Waals surface area contributed by atoms with Gasteiger partial charge in [-0.3, -0.25) is 4.98 Å². The zero-order chi connectivity index (χ0) is 14.5. The molecule has 0 saturated heterocycles. The third-order valence-corrected chi connectivity index (χ3v) is 3.25. The minimum absolute atomic E-state index is 0.0965. The first-order valence-corrected chi connectivity index (χ1v) is 6.76. The zero-order valence-corrected chi connectivity index (χ0v) is 11.7. The van der Waals surface area contributed by atoms with Gasteiger partial charge in [-0.05, 0) is 43.7 Å². The van der Waals surface area contributed by atoms with E-state index < -0.39 is 11.6 Å². The van der Waals surface area contributed by atoms with Crippen LogP contribution in [0.15, 0.2) is 36.7 Å². The van der Waals surface area contributed by atoms with Gasteiger partial charge in [-0.15, -0.1) is 0 Å². The Balaban J connectivity index is 2.37. The van der Waals surface area contributed by atoms with Gasteiger partial charge in [0.05, 0.1) is 6.20 Å². The molecule has 0 radical (unpaired) electrons. The highest BCUT2D eigenvalue weighted by Gasteiger charge is 2.13. The minimum Gasteiger partial charge on any atom is -0.310 e. The lowest BCUT2D eigenvalue weighted by Crippen LogP contribution is -2.19. The zero-order valence-electron chi connectivity index (χ0n) is 11.7. The Morgan fingerprint density at radius 2 is 1.95 bits per heavy atom. The predicted octanol–water partition coefficient (Wildman–Crippen LogP) is 4.09. The predicted molar refractivity (Wildman–Crippen MR) is 76.3 cm³/mol. The first kappa shape index (κ1) is 14.6. The largest absolute Gasteiger partial charge is 0.310 e. The third-order valence-electron chi connectivity index (χ3n) is 3.25. The van der Waals surface area contributed by atoms with Crippen LogP contribution in [0.2, 0.25) is 0 Å². The van der Waals surface area contributed by atoms with E-state index in [1.807, 2.05) is 6.92 Å². The van der Waals surface area contributed by atoms with Crippen LogP contribution in [-0.2, 0) is 0 Å². The molecule has 2 nitrogen and oxygen atoms in total. The van der Waals surface area contributed by atoms with E-state index in [2.05, 4.69) is 17.2 Å². The van der Waals surface area contributed by atoms with Crippen LogP contribution in [0.3, 0.4) is 0 Å². The Hall–Kier alpha value is -1.81. The summed E-state index contributed by atoms with van der Waals surface area (Å²) in [6.07, 6.45) is 3.58. The second-order valence-electron chi connectivity index (χ2n) is 4.77. The van der Waals surface area contributed by atoms with Gasteiger partial charge in [0.15, 0.2) is 0 Å². The van der Waals surface area contributed by atoms with Crippen molar-refractivity contribution < 1.29 is 8.78 Å². The van der Waals surface area contributed by atoms with Gasteiger partial charge < -0.3 is 5.32 Å². The summed E-state index contributed by atoms with van der Waals surface area (Å²) in [5.41, 5.74) is 1.45. The van der Waals surface area contributed by atoms with Gasteiger partial charge in [0.25, 0.3) is 0 Å². The Morgan fingerprint density at radius 3 is 2.65 bits per heavy atom. The van der Waals surface area contributed by atoms with Crippen molar-refractivity contribution in [3.8, 4) is 11.1 Å². The van der Waals surface area contributed by atoms with Crippen molar-refractivity contribution in [2.45, 2.75) is 26.3 Å². The van der Waals surface area contributed by atoms with Crippen molar-refractivity contribution >= 4 is 0 Å². The maximum absolute atomic E-state index is 13.9. The lowest BCUT2D eigenvalue weighted by molar-refractivity contribution is 0.567. The van der Waals surface area contributed by atoms with Crippen LogP contribution in [-0.4, -0.2) is 11.5 Å². The summed E-state index contributed by atoms with van der Waals surface area (Å²) in [4.78, 5) is 3.69. The molecule has 2 rings (SSSR count). The Morgan fingerprint density at radius 1 is 1.15 bits per heavy atom. The second kappa shape index (κ2) is 6.57. The molecule has 20 heavy (non-hydrogen) atoms. The molecule has 0 bridgehead atoms. The summed E-state index contributed by atoms with van der Waals surface area (Å²) in [5.74, 6) is -0.945. The summed E-state index contributed by atoms with van der Waals surface area (Å²) in [6, 6.07) is 6.39. The molecule has 0 fully saturated rings. The SMILES string of the molecule is CCCNC(C)c1ccc(F)c(-c2ccncc2F)c1. The minimum atomic E-state index is -0.516. The van der Waals surface area contributed by atoms with Crippen molar-refractivity contribution in [2.24, 2.45) is 0 Å². The lowest BCUT2D eigenvalue weighted by atomic mass is 10.00. The molecule has 0 aliphatic heterocycles. The van der Waals surface area contributed by atoms with E-state index in [0.717, 1.165) is 24.7 Å². The number of hydrogen-bond donors (Lipinski definition) is 1. The fraction of sp³-hybridized carbons (Fsp3) is 0.312. The van der Waals surface area contributed by atoms with Crippen LogP contribution in [0.5, 0.6) is 0 Å². The molecule has 0 aliphatic rings. The summed E-state index contributed by atoms with van der Waals surface area (Å²) in [6.45, 7) is 4.98. The lowest BCUT2D eigenvalue weighted by Gasteiger charge is -2.15. The molecule has 1 aromatic heterocycles. The summed E-state index contributed by atoms with van der Waals surface area (Å²) < 4.78 is 27.7. The number of nitrogens with zero attached hydrogens (tertiary/aromatic N) is 1. The third kappa shape index (κ3) is 3.20. The van der Waals surface area contributed by atoms with E-state index >= 15 is 0 Å². The van der Waals surface area contributed by atoms with E-state index in [0.29, 0.717) is 0 Å². The Kier molecular flexibility index (Phi) is 4.79. The van der Waals surface area contributed by atoms with Crippen molar-refractivity contribution in [1.82, 2.24) is 10.3 Å². The van der Waals surface area contributed by atoms with Crippen LogP contribution in [0.1, 0.15) is 31.9 Å². The molecular formula is C16H18F2N2. The van der Waals surface area contributed by atoms with Gasteiger partial charge in [0.2, 0.25) is 0 Å². The van der Waals surface area contributed by atoms with Crippen molar-refractivity contribution in [3.63, 3.8) is 0 Å². The smallest absolute Gasteiger partial charge is 0.149 e. The molecule has 4 heteroatoms. The number of benzene rings is 1. The summed E-state index contributed by atoms with van der Waals surface area (Å²) in [5, 5.41) is 3.33. The highest BCUT2D eigenvalue weighted by Crippen LogP contribution is 2.27. The van der Waals surface area contributed by atoms with Crippen molar-refractivity contribution in [3.05, 3.63) is 53.9 Å². The first-order chi connectivity index (χ1) is 9.63. The number of hydrogen-bond acceptors (Lipinski definition) is 2. The summed E-state index contributed by atoms with van der Waals surface area (Å²) in [7, 11) is 0. The average Bonchev–Trinajstić information content (AvgIpc) is 2.46. The standard InChI is InChI=1S/C16H18F2N2/c1-3-7-20-11(2)12-4-5-15(17)14(9-12)13-6-8-19-10-16(13)18/h4-6,8-11,20H,3,7H2,1-2H3. The van der Waals surface area contributed by atoms with Crippen molar-refractivity contribution in [1.29, 1.82) is 0 Å². The maximum atomic E-state index is 13.9. The highest BCUT2D eigenvalue weighted by atomic mass is 19.1. The van der Waals surface area contributed by atoms with E-state index in [-0.39, 0.29) is 17.2 Å². The summed E-state index contributed by atoms with van der Waals surface area (Å²) >= 11 is 0.